The highest BCUT2D eigenvalue weighted by Gasteiger charge is 2.24. The maximum atomic E-state index is 12.5. The van der Waals surface area contributed by atoms with Crippen LogP contribution >= 0.6 is 11.3 Å². The maximum Gasteiger partial charge on any atom is 0.330 e. The van der Waals surface area contributed by atoms with Gasteiger partial charge in [0, 0.05) is 4.88 Å². The van der Waals surface area contributed by atoms with Crippen molar-refractivity contribution in [1.82, 2.24) is 9.55 Å². The number of carbonyl (C=O) groups excluding carboxylic acids is 1. The molecular formula is C14H18N2O4S. The van der Waals surface area contributed by atoms with E-state index in [9.17, 15) is 14.4 Å². The third-order valence-corrected chi connectivity index (χ3v) is 4.13. The minimum atomic E-state index is -0.891. The number of carbonyl (C=O) groups is 1. The molecule has 2 aromatic heterocycles. The highest BCUT2D eigenvalue weighted by molar-refractivity contribution is 7.18. The van der Waals surface area contributed by atoms with Crippen LogP contribution in [-0.4, -0.2) is 22.1 Å². The molecule has 0 aliphatic carbocycles. The van der Waals surface area contributed by atoms with Gasteiger partial charge in [0.05, 0.1) is 12.0 Å². The molecule has 1 unspecified atom stereocenters. The van der Waals surface area contributed by atoms with E-state index in [4.69, 9.17) is 4.74 Å². The normalized spacial score (nSPS) is 12.5. The lowest BCUT2D eigenvalue weighted by molar-refractivity contribution is -0.148. The standard InChI is InChI=1S/C14H18N2O4S/c1-4-6-20-13(18)10(5-2)16-12(17)9-7-8(3)21-11(9)15-14(16)19/h7,10H,4-6H2,1-3H3,(H,15,19). The van der Waals surface area contributed by atoms with Gasteiger partial charge in [0.1, 0.15) is 10.9 Å². The van der Waals surface area contributed by atoms with E-state index in [0.717, 1.165) is 9.44 Å². The summed E-state index contributed by atoms with van der Waals surface area (Å²) >= 11 is 1.35. The molecule has 2 heterocycles. The first-order valence-electron chi connectivity index (χ1n) is 6.91. The Kier molecular flexibility index (Phi) is 4.62. The number of thiophene rings is 1. The summed E-state index contributed by atoms with van der Waals surface area (Å²) in [6.07, 6.45) is 1.01. The van der Waals surface area contributed by atoms with E-state index in [2.05, 4.69) is 4.98 Å². The Labute approximate surface area is 125 Å². The number of ether oxygens (including phenoxy) is 1. The summed E-state index contributed by atoms with van der Waals surface area (Å²) in [6.45, 7) is 5.77. The molecule has 0 fully saturated rings. The first-order chi connectivity index (χ1) is 9.99. The summed E-state index contributed by atoms with van der Waals surface area (Å²) in [5, 5.41) is 0.429. The molecular weight excluding hydrogens is 292 g/mol. The summed E-state index contributed by atoms with van der Waals surface area (Å²) in [7, 11) is 0. The third kappa shape index (κ3) is 2.92. The van der Waals surface area contributed by atoms with E-state index in [1.165, 1.54) is 11.3 Å². The van der Waals surface area contributed by atoms with Crippen LogP contribution in [0.15, 0.2) is 15.7 Å². The number of aromatic amines is 1. The maximum absolute atomic E-state index is 12.5. The highest BCUT2D eigenvalue weighted by atomic mass is 32.1. The highest BCUT2D eigenvalue weighted by Crippen LogP contribution is 2.19. The SMILES string of the molecule is CCCOC(=O)C(CC)n1c(=O)[nH]c2sc(C)cc2c1=O. The van der Waals surface area contributed by atoms with Gasteiger partial charge < -0.3 is 4.74 Å². The van der Waals surface area contributed by atoms with Crippen LogP contribution in [0, 0.1) is 6.92 Å². The molecule has 21 heavy (non-hydrogen) atoms. The van der Waals surface area contributed by atoms with E-state index in [-0.39, 0.29) is 6.61 Å². The molecule has 0 aliphatic heterocycles. The Morgan fingerprint density at radius 1 is 1.43 bits per heavy atom. The predicted octanol–water partition coefficient (Wildman–Crippen LogP) is 1.96. The minimum Gasteiger partial charge on any atom is -0.464 e. The fraction of sp³-hybridized carbons (Fsp3) is 0.500. The molecule has 2 rings (SSSR count). The second-order valence-electron chi connectivity index (χ2n) is 4.80. The summed E-state index contributed by atoms with van der Waals surface area (Å²) in [6, 6.07) is 0.830. The zero-order valence-corrected chi connectivity index (χ0v) is 13.1. The number of fused-ring (bicyclic) bond motifs is 1. The number of esters is 1. The van der Waals surface area contributed by atoms with Crippen LogP contribution in [0.4, 0.5) is 0 Å². The van der Waals surface area contributed by atoms with Crippen molar-refractivity contribution >= 4 is 27.5 Å². The molecule has 7 heteroatoms. The van der Waals surface area contributed by atoms with Gasteiger partial charge >= 0.3 is 11.7 Å². The Morgan fingerprint density at radius 2 is 2.14 bits per heavy atom. The Balaban J connectivity index is 2.56. The van der Waals surface area contributed by atoms with Crippen molar-refractivity contribution in [3.8, 4) is 0 Å². The van der Waals surface area contributed by atoms with Crippen molar-refractivity contribution in [2.24, 2.45) is 0 Å². The number of nitrogens with one attached hydrogen (secondary N) is 1. The Bertz CT molecular complexity index is 771. The van der Waals surface area contributed by atoms with Gasteiger partial charge in [-0.25, -0.2) is 14.2 Å². The first-order valence-corrected chi connectivity index (χ1v) is 7.72. The minimum absolute atomic E-state index is 0.280. The van der Waals surface area contributed by atoms with Gasteiger partial charge in [-0.15, -0.1) is 11.3 Å². The molecule has 114 valence electrons. The molecule has 6 nitrogen and oxygen atoms in total. The molecule has 0 radical (unpaired) electrons. The summed E-state index contributed by atoms with van der Waals surface area (Å²) in [5.74, 6) is -0.543. The van der Waals surface area contributed by atoms with Gasteiger partial charge in [-0.3, -0.25) is 9.78 Å². The van der Waals surface area contributed by atoms with Gasteiger partial charge in [-0.2, -0.15) is 0 Å². The average Bonchev–Trinajstić information content (AvgIpc) is 2.81. The van der Waals surface area contributed by atoms with Gasteiger partial charge in [-0.05, 0) is 25.8 Å². The first kappa shape index (κ1) is 15.5. The Hall–Kier alpha value is -1.89. The van der Waals surface area contributed by atoms with Crippen molar-refractivity contribution in [3.05, 3.63) is 31.8 Å². The second-order valence-corrected chi connectivity index (χ2v) is 6.05. The predicted molar refractivity (Wildman–Crippen MR) is 82.0 cm³/mol. The van der Waals surface area contributed by atoms with Gasteiger partial charge in [0.15, 0.2) is 0 Å². The van der Waals surface area contributed by atoms with E-state index in [1.807, 2.05) is 13.8 Å². The van der Waals surface area contributed by atoms with Crippen LogP contribution in [0.3, 0.4) is 0 Å². The van der Waals surface area contributed by atoms with Crippen LogP contribution in [0.25, 0.3) is 10.2 Å². The van der Waals surface area contributed by atoms with Gasteiger partial charge in [0.2, 0.25) is 0 Å². The summed E-state index contributed by atoms with van der Waals surface area (Å²) < 4.78 is 6.04. The number of nitrogens with zero attached hydrogens (tertiary/aromatic N) is 1. The molecule has 0 amide bonds. The molecule has 0 aliphatic rings. The van der Waals surface area contributed by atoms with Gasteiger partial charge in [0.25, 0.3) is 5.56 Å². The molecule has 1 atom stereocenters. The van der Waals surface area contributed by atoms with Crippen molar-refractivity contribution in [2.45, 2.75) is 39.7 Å². The molecule has 0 saturated heterocycles. The van der Waals surface area contributed by atoms with Crippen molar-refractivity contribution in [3.63, 3.8) is 0 Å². The van der Waals surface area contributed by atoms with E-state index in [0.29, 0.717) is 23.1 Å². The van der Waals surface area contributed by atoms with Crippen LogP contribution < -0.4 is 11.2 Å². The average molecular weight is 310 g/mol. The fourth-order valence-corrected chi connectivity index (χ4v) is 3.08. The van der Waals surface area contributed by atoms with Crippen LogP contribution in [0.5, 0.6) is 0 Å². The van der Waals surface area contributed by atoms with E-state index in [1.54, 1.807) is 13.0 Å². The van der Waals surface area contributed by atoms with Crippen molar-refractivity contribution in [2.75, 3.05) is 6.61 Å². The zero-order chi connectivity index (χ0) is 15.6. The van der Waals surface area contributed by atoms with E-state index >= 15 is 0 Å². The number of H-pyrrole nitrogens is 1. The lowest BCUT2D eigenvalue weighted by Gasteiger charge is -2.15. The lowest BCUT2D eigenvalue weighted by Crippen LogP contribution is -2.41. The number of hydrogen-bond donors (Lipinski definition) is 1. The van der Waals surface area contributed by atoms with Crippen molar-refractivity contribution in [1.29, 1.82) is 0 Å². The number of aromatic nitrogens is 2. The summed E-state index contributed by atoms with van der Waals surface area (Å²) in [4.78, 5) is 40.8. The van der Waals surface area contributed by atoms with Crippen LogP contribution in [0.2, 0.25) is 0 Å². The second kappa shape index (κ2) is 6.26. The van der Waals surface area contributed by atoms with Crippen LogP contribution in [-0.2, 0) is 9.53 Å². The van der Waals surface area contributed by atoms with E-state index < -0.39 is 23.3 Å². The summed E-state index contributed by atoms with van der Waals surface area (Å²) in [5.41, 5.74) is -1.02. The number of rotatable bonds is 5. The number of aryl methyl sites for hydroxylation is 1. The molecule has 0 saturated carbocycles. The lowest BCUT2D eigenvalue weighted by atomic mass is 10.2. The molecule has 0 aromatic carbocycles. The molecule has 0 spiro atoms. The third-order valence-electron chi connectivity index (χ3n) is 3.16. The number of hydrogen-bond acceptors (Lipinski definition) is 5. The largest absolute Gasteiger partial charge is 0.464 e. The Morgan fingerprint density at radius 3 is 2.76 bits per heavy atom. The molecule has 0 bridgehead atoms. The van der Waals surface area contributed by atoms with Gasteiger partial charge in [-0.1, -0.05) is 13.8 Å². The monoisotopic (exact) mass is 310 g/mol. The molecule has 2 aromatic rings. The smallest absolute Gasteiger partial charge is 0.330 e. The van der Waals surface area contributed by atoms with Crippen LogP contribution in [0.1, 0.15) is 37.6 Å². The quantitative estimate of drug-likeness (QED) is 0.856. The zero-order valence-electron chi connectivity index (χ0n) is 12.3. The molecule has 1 N–H and O–H groups in total. The fourth-order valence-electron chi connectivity index (χ4n) is 2.18. The topological polar surface area (TPSA) is 81.2 Å². The van der Waals surface area contributed by atoms with Crippen molar-refractivity contribution < 1.29 is 9.53 Å².